The second-order valence-corrected chi connectivity index (χ2v) is 6.35. The van der Waals surface area contributed by atoms with Gasteiger partial charge in [0, 0.05) is 0 Å². The molecule has 0 spiro atoms. The van der Waals surface area contributed by atoms with Crippen LogP contribution >= 0.6 is 40.4 Å². The fraction of sp³-hybridized carbons (Fsp3) is 1.00. The van der Waals surface area contributed by atoms with Crippen LogP contribution in [-0.4, -0.2) is 23.8 Å². The van der Waals surface area contributed by atoms with E-state index in [4.69, 9.17) is 0 Å². The van der Waals surface area contributed by atoms with Crippen LogP contribution in [0.15, 0.2) is 0 Å². The van der Waals surface area contributed by atoms with E-state index >= 15 is 0 Å². The Kier molecular flexibility index (Phi) is 24.1. The summed E-state index contributed by atoms with van der Waals surface area (Å²) in [6.45, 7) is 0. The van der Waals surface area contributed by atoms with Crippen LogP contribution < -0.4 is 19.6 Å². The molecule has 0 N–H and O–H groups in total. The minimum absolute atomic E-state index is 0. The van der Waals surface area contributed by atoms with Crippen LogP contribution in [0.25, 0.3) is 0 Å². The molecule has 0 aromatic carbocycles. The summed E-state index contributed by atoms with van der Waals surface area (Å²) >= 11 is 7.08. The Labute approximate surface area is 144 Å². The standard InChI is InChI=1S/2C2H7O3PS.2Zr/c2*3-6(4,5)1-2-7;;/h2*7H,1-2H2,(H2,3,4,5);;/q;;2*+2/p-4. The maximum atomic E-state index is 9.65. The normalized spacial score (nSPS) is 10.4. The second-order valence-electron chi connectivity index (χ2n) is 2.12. The van der Waals surface area contributed by atoms with Gasteiger partial charge >= 0.3 is 52.4 Å². The minimum Gasteiger partial charge on any atom is -0.811 e. The molecule has 0 fully saturated rings. The smallest absolute Gasteiger partial charge is 0.811 e. The molecule has 0 atom stereocenters. The van der Waals surface area contributed by atoms with Gasteiger partial charge in [0.1, 0.15) is 0 Å². The summed E-state index contributed by atoms with van der Waals surface area (Å²) in [7, 11) is -8.48. The Bertz CT molecular complexity index is 207. The van der Waals surface area contributed by atoms with Gasteiger partial charge in [0.15, 0.2) is 0 Å². The van der Waals surface area contributed by atoms with E-state index in [1.807, 2.05) is 0 Å². The number of hydrogen-bond donors (Lipinski definition) is 2. The van der Waals surface area contributed by atoms with Crippen LogP contribution in [0.5, 0.6) is 0 Å². The van der Waals surface area contributed by atoms with Crippen LogP contribution in [0, 0.1) is 0 Å². The van der Waals surface area contributed by atoms with Crippen LogP contribution in [0.3, 0.4) is 0 Å². The number of thiol groups is 2. The van der Waals surface area contributed by atoms with Gasteiger partial charge in [-0.05, 0) is 23.8 Å². The quantitative estimate of drug-likeness (QED) is 0.356. The SMILES string of the molecule is O=P([O-])([O-])CCS.O=P([O-])([O-])CCS.[Zr+2].[Zr+2]. The molecule has 0 saturated carbocycles. The van der Waals surface area contributed by atoms with Gasteiger partial charge in [-0.1, -0.05) is 15.2 Å². The second kappa shape index (κ2) is 14.2. The van der Waals surface area contributed by atoms with Crippen LogP contribution in [0.2, 0.25) is 0 Å². The Morgan fingerprint density at radius 3 is 0.938 bits per heavy atom. The van der Waals surface area contributed by atoms with Gasteiger partial charge in [0.25, 0.3) is 0 Å². The van der Waals surface area contributed by atoms with Crippen molar-refractivity contribution < 1.29 is 81.1 Å². The molecular formula is C4H10O6P2S2Zr2. The molecule has 92 valence electrons. The summed E-state index contributed by atoms with van der Waals surface area (Å²) in [5.41, 5.74) is 0. The molecule has 0 amide bonds. The molecule has 6 nitrogen and oxygen atoms in total. The van der Waals surface area contributed by atoms with Gasteiger partial charge in [-0.3, -0.25) is 0 Å². The van der Waals surface area contributed by atoms with Gasteiger partial charge in [-0.2, -0.15) is 25.3 Å². The van der Waals surface area contributed by atoms with Gasteiger partial charge in [-0.15, -0.1) is 0 Å². The van der Waals surface area contributed by atoms with Crippen LogP contribution in [-0.2, 0) is 61.5 Å². The topological polar surface area (TPSA) is 126 Å². The van der Waals surface area contributed by atoms with Crippen molar-refractivity contribution >= 4 is 40.4 Å². The molecule has 0 aromatic rings. The van der Waals surface area contributed by atoms with E-state index in [0.717, 1.165) is 0 Å². The van der Waals surface area contributed by atoms with Crippen molar-refractivity contribution in [2.75, 3.05) is 23.8 Å². The molecule has 12 heteroatoms. The molecule has 0 saturated heterocycles. The maximum Gasteiger partial charge on any atom is 2.00 e. The zero-order valence-corrected chi connectivity index (χ0v) is 16.6. The molecule has 0 unspecified atom stereocenters. The van der Waals surface area contributed by atoms with E-state index in [1.165, 1.54) is 0 Å². The molecule has 0 bridgehead atoms. The van der Waals surface area contributed by atoms with Crippen molar-refractivity contribution in [3.05, 3.63) is 0 Å². The first kappa shape index (κ1) is 27.2. The fourth-order valence-electron chi connectivity index (χ4n) is 0.245. The van der Waals surface area contributed by atoms with Gasteiger partial charge in [0.2, 0.25) is 0 Å². The van der Waals surface area contributed by atoms with E-state index in [0.29, 0.717) is 0 Å². The summed E-state index contributed by atoms with van der Waals surface area (Å²) in [5.74, 6) is 0.231. The number of rotatable bonds is 4. The van der Waals surface area contributed by atoms with Gasteiger partial charge in [-0.25, -0.2) is 0 Å². The third kappa shape index (κ3) is 36.0. The van der Waals surface area contributed by atoms with Crippen molar-refractivity contribution in [1.29, 1.82) is 0 Å². The Hall–Kier alpha value is 2.77. The average Bonchev–Trinajstić information content (AvgIpc) is 1.81. The fourth-order valence-corrected chi connectivity index (χ4v) is 2.20. The Morgan fingerprint density at radius 1 is 0.750 bits per heavy atom. The van der Waals surface area contributed by atoms with Crippen LogP contribution in [0.1, 0.15) is 0 Å². The van der Waals surface area contributed by atoms with E-state index in [-0.39, 0.29) is 76.2 Å². The predicted octanol–water partition coefficient (Wildman–Crippen LogP) is -2.35. The molecule has 16 heavy (non-hydrogen) atoms. The van der Waals surface area contributed by atoms with E-state index in [2.05, 4.69) is 25.3 Å². The Balaban J connectivity index is -0.0000000800. The summed E-state index contributed by atoms with van der Waals surface area (Å²) in [6, 6.07) is 0. The van der Waals surface area contributed by atoms with Crippen molar-refractivity contribution in [3.8, 4) is 0 Å². The van der Waals surface area contributed by atoms with Crippen molar-refractivity contribution in [1.82, 2.24) is 0 Å². The van der Waals surface area contributed by atoms with Crippen molar-refractivity contribution in [2.45, 2.75) is 0 Å². The first-order valence-corrected chi connectivity index (χ1v) is 8.08. The molecule has 0 aromatic heterocycles. The van der Waals surface area contributed by atoms with E-state index in [1.54, 1.807) is 0 Å². The molecule has 0 aliphatic heterocycles. The minimum atomic E-state index is -4.24. The molecular weight excluding hydrogens is 453 g/mol. The predicted molar refractivity (Wildman–Crippen MR) is 52.7 cm³/mol. The molecule has 0 aliphatic carbocycles. The summed E-state index contributed by atoms with van der Waals surface area (Å²) < 4.78 is 19.3. The molecule has 0 radical (unpaired) electrons. The van der Waals surface area contributed by atoms with Crippen molar-refractivity contribution in [2.24, 2.45) is 0 Å². The van der Waals surface area contributed by atoms with E-state index < -0.39 is 15.2 Å². The van der Waals surface area contributed by atoms with Crippen LogP contribution in [0.4, 0.5) is 0 Å². The zero-order chi connectivity index (χ0) is 11.8. The Morgan fingerprint density at radius 2 is 0.938 bits per heavy atom. The largest absolute Gasteiger partial charge is 2.00 e. The first-order valence-electron chi connectivity index (χ1n) is 3.36. The van der Waals surface area contributed by atoms with Gasteiger partial charge < -0.3 is 28.7 Å². The first-order chi connectivity index (χ1) is 6.12. The van der Waals surface area contributed by atoms with Gasteiger partial charge in [0.05, 0.1) is 0 Å². The summed E-state index contributed by atoms with van der Waals surface area (Å²) in [6.07, 6.45) is -0.702. The average molecular weight is 463 g/mol. The van der Waals surface area contributed by atoms with Crippen molar-refractivity contribution in [3.63, 3.8) is 0 Å². The zero-order valence-electron chi connectivity index (χ0n) is 8.07. The molecule has 0 heterocycles. The maximum absolute atomic E-state index is 9.65. The monoisotopic (exact) mass is 460 g/mol. The summed E-state index contributed by atoms with van der Waals surface area (Å²) in [4.78, 5) is 38.6. The third-order valence-electron chi connectivity index (χ3n) is 0.748. The molecule has 0 aliphatic rings. The number of hydrogen-bond acceptors (Lipinski definition) is 8. The van der Waals surface area contributed by atoms with E-state index in [9.17, 15) is 28.7 Å². The summed E-state index contributed by atoms with van der Waals surface area (Å²) in [5, 5.41) is 0. The molecule has 0 rings (SSSR count). The third-order valence-corrected chi connectivity index (χ3v) is 3.44.